The van der Waals surface area contributed by atoms with Crippen molar-refractivity contribution in [1.82, 2.24) is 59.5 Å². The molecule has 0 aliphatic carbocycles. The number of thioether (sulfide) groups is 2. The molecule has 60 heavy (non-hydrogen) atoms. The largest absolute Gasteiger partial charge is 0.312 e. The van der Waals surface area contributed by atoms with Gasteiger partial charge in [0.2, 0.25) is 12.2 Å². The van der Waals surface area contributed by atoms with Crippen LogP contribution in [0.4, 0.5) is 0 Å². The van der Waals surface area contributed by atoms with Crippen LogP contribution in [0.3, 0.4) is 0 Å². The summed E-state index contributed by atoms with van der Waals surface area (Å²) in [4.78, 5) is 18.4. The van der Waals surface area contributed by atoms with Crippen LogP contribution in [0, 0.1) is 24.7 Å². The van der Waals surface area contributed by atoms with Crippen molar-refractivity contribution in [2.45, 2.75) is 48.5 Å². The quantitative estimate of drug-likeness (QED) is 0.0759. The molecule has 304 valence electrons. The number of isocyanates is 2. The number of hydrogen-bond acceptors (Lipinski definition) is 14. The molecule has 0 unspecified atom stereocenters. The molecule has 0 bridgehead atoms. The third kappa shape index (κ3) is 12.0. The summed E-state index contributed by atoms with van der Waals surface area (Å²) in [5, 5.41) is 47.0. The van der Waals surface area contributed by atoms with Crippen molar-refractivity contribution in [1.29, 1.82) is 10.8 Å². The van der Waals surface area contributed by atoms with Crippen molar-refractivity contribution < 1.29 is 9.59 Å². The van der Waals surface area contributed by atoms with E-state index in [-0.39, 0.29) is 10.5 Å². The first-order valence-corrected chi connectivity index (χ1v) is 20.1. The summed E-state index contributed by atoms with van der Waals surface area (Å²) in [5.41, 5.74) is 10.6. The maximum absolute atomic E-state index is 8.35. The lowest BCUT2D eigenvalue weighted by molar-refractivity contribution is 0.562. The summed E-state index contributed by atoms with van der Waals surface area (Å²) in [5.74, 6) is 0. The van der Waals surface area contributed by atoms with Gasteiger partial charge in [-0.25, -0.2) is 25.1 Å². The van der Waals surface area contributed by atoms with Gasteiger partial charge in [0, 0.05) is 35.7 Å². The number of benzene rings is 4. The zero-order valence-electron chi connectivity index (χ0n) is 33.7. The molecular formula is C42H42N14O2S2. The maximum atomic E-state index is 8.35. The number of hydrogen-bond donors (Lipinski definition) is 2. The van der Waals surface area contributed by atoms with Crippen molar-refractivity contribution in [3.63, 3.8) is 0 Å². The van der Waals surface area contributed by atoms with Gasteiger partial charge in [-0.1, -0.05) is 101 Å². The second kappa shape index (κ2) is 21.6. The van der Waals surface area contributed by atoms with E-state index in [0.717, 1.165) is 56.4 Å². The van der Waals surface area contributed by atoms with E-state index in [1.54, 1.807) is 47.2 Å². The Morgan fingerprint density at radius 3 is 1.62 bits per heavy atom. The number of carbonyl (C=O) groups excluding carboxylic acids is 2. The molecule has 0 aliphatic heterocycles. The van der Waals surface area contributed by atoms with Gasteiger partial charge in [-0.2, -0.15) is 9.90 Å². The highest BCUT2D eigenvalue weighted by Gasteiger charge is 2.15. The van der Waals surface area contributed by atoms with Gasteiger partial charge in [0.1, 0.15) is 24.0 Å². The van der Waals surface area contributed by atoms with Gasteiger partial charge >= 0.3 is 0 Å². The Hall–Kier alpha value is -7.10. The van der Waals surface area contributed by atoms with E-state index in [4.69, 9.17) is 20.4 Å². The van der Waals surface area contributed by atoms with Crippen LogP contribution in [-0.2, 0) is 23.7 Å². The van der Waals surface area contributed by atoms with Crippen LogP contribution in [0.25, 0.3) is 33.9 Å². The van der Waals surface area contributed by atoms with Gasteiger partial charge in [0.25, 0.3) is 0 Å². The maximum Gasteiger partial charge on any atom is 0.231 e. The summed E-state index contributed by atoms with van der Waals surface area (Å²) in [7, 11) is 3.90. The normalized spacial score (nSPS) is 11.3. The van der Waals surface area contributed by atoms with Crippen LogP contribution in [0.2, 0.25) is 0 Å². The highest BCUT2D eigenvalue weighted by atomic mass is 32.2. The van der Waals surface area contributed by atoms with E-state index in [1.165, 1.54) is 22.3 Å². The minimum absolute atomic E-state index is 0.236. The number of nitrogens with one attached hydrogen (secondary N) is 2. The Balaban J connectivity index is 0.000000201. The van der Waals surface area contributed by atoms with E-state index < -0.39 is 0 Å². The van der Waals surface area contributed by atoms with Crippen molar-refractivity contribution in [2.75, 3.05) is 0 Å². The lowest BCUT2D eigenvalue weighted by atomic mass is 10.1. The van der Waals surface area contributed by atoms with E-state index in [9.17, 15) is 0 Å². The van der Waals surface area contributed by atoms with Crippen LogP contribution in [0.1, 0.15) is 46.6 Å². The number of nitrogens with zero attached hydrogens (tertiary/aromatic N) is 12. The number of aryl methyl sites for hydroxylation is 4. The fourth-order valence-electron chi connectivity index (χ4n) is 5.68. The zero-order chi connectivity index (χ0) is 43.0. The van der Waals surface area contributed by atoms with Crippen molar-refractivity contribution in [2.24, 2.45) is 14.1 Å². The summed E-state index contributed by atoms with van der Waals surface area (Å²) >= 11 is 3.36. The third-order valence-corrected chi connectivity index (χ3v) is 11.1. The summed E-state index contributed by atoms with van der Waals surface area (Å²) in [6.07, 6.45) is 8.70. The molecule has 0 spiro atoms. The summed E-state index contributed by atoms with van der Waals surface area (Å²) in [6, 6.07) is 33.2. The van der Waals surface area contributed by atoms with Crippen LogP contribution < -0.4 is 0 Å². The minimum atomic E-state index is 0.236. The molecule has 0 fully saturated rings. The Bertz CT molecular complexity index is 2510. The fraction of sp³-hybridized carbons (Fsp3) is 0.190. The monoisotopic (exact) mass is 838 g/mol. The first kappa shape index (κ1) is 44.0. The van der Waals surface area contributed by atoms with E-state index >= 15 is 0 Å². The molecule has 4 aromatic heterocycles. The molecule has 8 rings (SSSR count). The van der Waals surface area contributed by atoms with Crippen LogP contribution in [0.15, 0.2) is 132 Å². The SMILES string of the molecule is Cc1cccc(-c2cn(-c3cccc([C@H](C)Sc4nncn4C)c3)nn2)c1.Cc1cccc(-c2cnn(-c3cccc([C@H](C)Sc4nncn4C)c3)n2)c1.N=C=O.N=C=O. The van der Waals surface area contributed by atoms with Gasteiger partial charge in [-0.05, 0) is 75.2 Å². The molecule has 4 heterocycles. The molecule has 2 atom stereocenters. The van der Waals surface area contributed by atoms with Gasteiger partial charge in [-0.15, -0.1) is 30.6 Å². The molecule has 0 aliphatic rings. The van der Waals surface area contributed by atoms with Gasteiger partial charge in [0.05, 0.1) is 23.8 Å². The first-order valence-electron chi connectivity index (χ1n) is 18.3. The molecule has 18 heteroatoms. The first-order chi connectivity index (χ1) is 29.0. The predicted molar refractivity (Wildman–Crippen MR) is 230 cm³/mol. The lowest BCUT2D eigenvalue weighted by Gasteiger charge is -2.12. The second-order valence-corrected chi connectivity index (χ2v) is 15.8. The third-order valence-electron chi connectivity index (χ3n) is 8.69. The van der Waals surface area contributed by atoms with Crippen LogP contribution in [-0.4, -0.2) is 71.7 Å². The van der Waals surface area contributed by atoms with Crippen molar-refractivity contribution in [3.8, 4) is 33.9 Å². The van der Waals surface area contributed by atoms with E-state index in [2.05, 4.69) is 129 Å². The molecule has 4 aromatic carbocycles. The predicted octanol–water partition coefficient (Wildman–Crippen LogP) is 8.25. The average Bonchev–Trinajstić information content (AvgIpc) is 4.09. The van der Waals surface area contributed by atoms with E-state index in [0.29, 0.717) is 0 Å². The molecule has 0 radical (unpaired) electrons. The molecule has 16 nitrogen and oxygen atoms in total. The number of aromatic nitrogens is 12. The van der Waals surface area contributed by atoms with Gasteiger partial charge in [-0.3, -0.25) is 0 Å². The average molecular weight is 839 g/mol. The van der Waals surface area contributed by atoms with Crippen LogP contribution in [0.5, 0.6) is 0 Å². The Labute approximate surface area is 355 Å². The highest BCUT2D eigenvalue weighted by Crippen LogP contribution is 2.35. The Kier molecular flexibility index (Phi) is 15.8. The van der Waals surface area contributed by atoms with E-state index in [1.807, 2.05) is 70.5 Å². The molecule has 0 saturated carbocycles. The standard InChI is InChI=1S/2C20H20N6S.2CHNO/c1-14-6-4-8-17(10-14)19-12-26(24-22-19)18-9-5-7-16(11-18)15(2)27-20-23-21-13-25(20)3;1-14-6-4-8-17(10-14)19-12-22-26(24-19)18-9-5-7-16(11-18)15(2)27-20-23-21-13-25(20)3;2*2-1-3/h2*4-13,15H,1-3H3;2*2H/t2*15-;;/m00../s1. The summed E-state index contributed by atoms with van der Waals surface area (Å²) in [6.45, 7) is 8.48. The topological polar surface area (TPSA) is 205 Å². The molecule has 0 amide bonds. The zero-order valence-corrected chi connectivity index (χ0v) is 35.3. The summed E-state index contributed by atoms with van der Waals surface area (Å²) < 4.78 is 5.67. The number of rotatable bonds is 10. The smallest absolute Gasteiger partial charge is 0.231 e. The Morgan fingerprint density at radius 2 is 1.12 bits per heavy atom. The molecule has 0 saturated heterocycles. The van der Waals surface area contributed by atoms with Crippen molar-refractivity contribution in [3.05, 3.63) is 144 Å². The van der Waals surface area contributed by atoms with Crippen LogP contribution >= 0.6 is 23.5 Å². The molecule has 8 aromatic rings. The lowest BCUT2D eigenvalue weighted by Crippen LogP contribution is -2.01. The Morgan fingerprint density at radius 1 is 0.633 bits per heavy atom. The van der Waals surface area contributed by atoms with Gasteiger partial charge < -0.3 is 9.13 Å². The fourth-order valence-corrected chi connectivity index (χ4v) is 7.50. The van der Waals surface area contributed by atoms with Gasteiger partial charge in [0.15, 0.2) is 10.3 Å². The molecular weight excluding hydrogens is 797 g/mol. The minimum Gasteiger partial charge on any atom is -0.312 e. The second-order valence-electron chi connectivity index (χ2n) is 13.2. The van der Waals surface area contributed by atoms with Crippen molar-refractivity contribution >= 4 is 35.7 Å². The molecule has 2 N–H and O–H groups in total. The highest BCUT2D eigenvalue weighted by molar-refractivity contribution is 7.99.